The van der Waals surface area contributed by atoms with Crippen LogP contribution < -0.4 is 5.32 Å². The molecule has 0 bridgehead atoms. The minimum absolute atomic E-state index is 0.0953. The molecule has 0 spiro atoms. The van der Waals surface area contributed by atoms with E-state index in [1.165, 1.54) is 12.1 Å². The lowest BCUT2D eigenvalue weighted by Gasteiger charge is -2.20. The van der Waals surface area contributed by atoms with Gasteiger partial charge >= 0.3 is 5.97 Å². The zero-order chi connectivity index (χ0) is 17.1. The number of rotatable bonds is 4. The monoisotopic (exact) mass is 326 g/mol. The van der Waals surface area contributed by atoms with Crippen LogP contribution in [0.3, 0.4) is 0 Å². The number of carboxylic acid groups (broad SMARTS) is 1. The van der Waals surface area contributed by atoms with Gasteiger partial charge in [-0.25, -0.2) is 9.78 Å². The molecule has 0 radical (unpaired) electrons. The fourth-order valence-electron chi connectivity index (χ4n) is 2.86. The molecule has 6 nitrogen and oxygen atoms in total. The zero-order valence-corrected chi connectivity index (χ0v) is 13.2. The topological polar surface area (TPSA) is 88.5 Å². The summed E-state index contributed by atoms with van der Waals surface area (Å²) in [4.78, 5) is 27.6. The summed E-state index contributed by atoms with van der Waals surface area (Å²) in [6.07, 6.45) is 0.534. The molecule has 24 heavy (non-hydrogen) atoms. The first-order chi connectivity index (χ1) is 11.6. The average molecular weight is 326 g/mol. The van der Waals surface area contributed by atoms with E-state index in [0.29, 0.717) is 12.3 Å². The summed E-state index contributed by atoms with van der Waals surface area (Å²) in [6, 6.07) is 12.4. The van der Waals surface area contributed by atoms with Crippen LogP contribution in [0, 0.1) is 6.92 Å². The van der Waals surface area contributed by atoms with Gasteiger partial charge in [0.15, 0.2) is 0 Å². The van der Waals surface area contributed by atoms with Crippen LogP contribution in [0.15, 0.2) is 42.5 Å². The lowest BCUT2D eigenvalue weighted by atomic mass is 10.0. The number of pyridine rings is 1. The van der Waals surface area contributed by atoms with Crippen molar-refractivity contribution in [1.82, 2.24) is 10.3 Å². The Balaban J connectivity index is 1.74. The number of aryl methyl sites for hydroxylation is 1. The molecule has 2 heterocycles. The Kier molecular flexibility index (Phi) is 4.57. The second kappa shape index (κ2) is 6.80. The highest BCUT2D eigenvalue weighted by molar-refractivity contribution is 5.94. The van der Waals surface area contributed by atoms with E-state index in [9.17, 15) is 9.59 Å². The minimum atomic E-state index is -1.06. The van der Waals surface area contributed by atoms with Crippen molar-refractivity contribution in [2.75, 3.05) is 6.61 Å². The van der Waals surface area contributed by atoms with Crippen molar-refractivity contribution in [3.05, 3.63) is 65.0 Å². The molecular formula is C18H18N2O4. The number of hydrogen-bond donors (Lipinski definition) is 2. The van der Waals surface area contributed by atoms with Crippen LogP contribution >= 0.6 is 0 Å². The lowest BCUT2D eigenvalue weighted by Crippen LogP contribution is -2.37. The molecular weight excluding hydrogens is 308 g/mol. The first-order valence-corrected chi connectivity index (χ1v) is 7.74. The molecule has 3 rings (SSSR count). The van der Waals surface area contributed by atoms with Crippen LogP contribution in [-0.4, -0.2) is 34.6 Å². The number of carboxylic acids is 1. The highest BCUT2D eigenvalue weighted by Crippen LogP contribution is 2.29. The normalized spacial score (nSPS) is 19.9. The van der Waals surface area contributed by atoms with Crippen molar-refractivity contribution in [3.63, 3.8) is 0 Å². The van der Waals surface area contributed by atoms with Crippen LogP contribution in [0.2, 0.25) is 0 Å². The van der Waals surface area contributed by atoms with Gasteiger partial charge in [0.1, 0.15) is 11.8 Å². The quantitative estimate of drug-likeness (QED) is 0.900. The molecule has 1 aromatic heterocycles. The molecule has 1 saturated heterocycles. The molecule has 2 atom stereocenters. The maximum Gasteiger partial charge on any atom is 0.337 e. The van der Waals surface area contributed by atoms with Gasteiger partial charge in [-0.1, -0.05) is 30.3 Å². The van der Waals surface area contributed by atoms with Crippen LogP contribution in [0.1, 0.15) is 44.6 Å². The van der Waals surface area contributed by atoms with Gasteiger partial charge in [0, 0.05) is 6.61 Å². The number of benzene rings is 1. The molecule has 1 aromatic carbocycles. The Morgan fingerprint density at radius 1 is 1.21 bits per heavy atom. The Labute approximate surface area is 139 Å². The van der Waals surface area contributed by atoms with Crippen LogP contribution in [0.25, 0.3) is 0 Å². The SMILES string of the molecule is Cc1nc(C(=O)NC2CCOC2c2ccccc2)ccc1C(=O)O. The number of nitrogens with zero attached hydrogens (tertiary/aromatic N) is 1. The largest absolute Gasteiger partial charge is 0.478 e. The highest BCUT2D eigenvalue weighted by Gasteiger charge is 2.31. The third-order valence-electron chi connectivity index (χ3n) is 4.09. The molecule has 1 fully saturated rings. The van der Waals surface area contributed by atoms with Crippen molar-refractivity contribution in [2.45, 2.75) is 25.5 Å². The van der Waals surface area contributed by atoms with Gasteiger partial charge in [-0.3, -0.25) is 4.79 Å². The average Bonchev–Trinajstić information content (AvgIpc) is 3.03. The Bertz CT molecular complexity index is 761. The van der Waals surface area contributed by atoms with Crippen LogP contribution in [-0.2, 0) is 4.74 Å². The van der Waals surface area contributed by atoms with E-state index in [4.69, 9.17) is 9.84 Å². The Morgan fingerprint density at radius 3 is 2.62 bits per heavy atom. The third-order valence-corrected chi connectivity index (χ3v) is 4.09. The molecule has 2 unspecified atom stereocenters. The number of aromatic nitrogens is 1. The second-order valence-corrected chi connectivity index (χ2v) is 5.71. The maximum atomic E-state index is 12.4. The molecule has 2 aromatic rings. The Hall–Kier alpha value is -2.73. The van der Waals surface area contributed by atoms with Gasteiger partial charge in [-0.05, 0) is 31.0 Å². The van der Waals surface area contributed by atoms with E-state index in [2.05, 4.69) is 10.3 Å². The lowest BCUT2D eigenvalue weighted by molar-refractivity contribution is 0.0694. The summed E-state index contributed by atoms with van der Waals surface area (Å²) in [5, 5.41) is 12.0. The number of carbonyl (C=O) groups is 2. The molecule has 0 saturated carbocycles. The fraction of sp³-hybridized carbons (Fsp3) is 0.278. The number of ether oxygens (including phenoxy) is 1. The number of carbonyl (C=O) groups excluding carboxylic acids is 1. The molecule has 124 valence electrons. The number of amides is 1. The molecule has 1 aliphatic heterocycles. The summed E-state index contributed by atoms with van der Waals surface area (Å²) in [5.41, 5.74) is 1.64. The number of nitrogens with one attached hydrogen (secondary N) is 1. The van der Waals surface area contributed by atoms with E-state index in [1.807, 2.05) is 30.3 Å². The number of aromatic carboxylic acids is 1. The highest BCUT2D eigenvalue weighted by atomic mass is 16.5. The predicted molar refractivity (Wildman–Crippen MR) is 86.9 cm³/mol. The van der Waals surface area contributed by atoms with Gasteiger partial charge < -0.3 is 15.2 Å². The van der Waals surface area contributed by atoms with Gasteiger partial charge in [0.25, 0.3) is 5.91 Å². The minimum Gasteiger partial charge on any atom is -0.478 e. The zero-order valence-electron chi connectivity index (χ0n) is 13.2. The molecule has 1 aliphatic rings. The molecule has 6 heteroatoms. The van der Waals surface area contributed by atoms with E-state index in [-0.39, 0.29) is 29.3 Å². The van der Waals surface area contributed by atoms with Crippen molar-refractivity contribution < 1.29 is 19.4 Å². The summed E-state index contributed by atoms with van der Waals surface area (Å²) >= 11 is 0. The maximum absolute atomic E-state index is 12.4. The second-order valence-electron chi connectivity index (χ2n) is 5.71. The molecule has 1 amide bonds. The van der Waals surface area contributed by atoms with E-state index in [0.717, 1.165) is 12.0 Å². The van der Waals surface area contributed by atoms with E-state index >= 15 is 0 Å². The fourth-order valence-corrected chi connectivity index (χ4v) is 2.86. The standard InChI is InChI=1S/C18H18N2O4/c1-11-13(18(22)23)7-8-15(19-11)17(21)20-14-9-10-24-16(14)12-5-3-2-4-6-12/h2-8,14,16H,9-10H2,1H3,(H,20,21)(H,22,23). The summed E-state index contributed by atoms with van der Waals surface area (Å²) < 4.78 is 5.75. The van der Waals surface area contributed by atoms with Crippen molar-refractivity contribution in [2.24, 2.45) is 0 Å². The summed E-state index contributed by atoms with van der Waals surface area (Å²) in [6.45, 7) is 2.15. The van der Waals surface area contributed by atoms with Gasteiger partial charge in [-0.2, -0.15) is 0 Å². The van der Waals surface area contributed by atoms with Crippen molar-refractivity contribution >= 4 is 11.9 Å². The van der Waals surface area contributed by atoms with Gasteiger partial charge in [0.05, 0.1) is 17.3 Å². The van der Waals surface area contributed by atoms with Crippen molar-refractivity contribution in [3.8, 4) is 0 Å². The smallest absolute Gasteiger partial charge is 0.337 e. The summed E-state index contributed by atoms with van der Waals surface area (Å²) in [5.74, 6) is -1.38. The first-order valence-electron chi connectivity index (χ1n) is 7.74. The van der Waals surface area contributed by atoms with E-state index < -0.39 is 5.97 Å². The predicted octanol–water partition coefficient (Wildman–Crippen LogP) is 2.35. The van der Waals surface area contributed by atoms with Crippen LogP contribution in [0.5, 0.6) is 0 Å². The molecule has 0 aliphatic carbocycles. The summed E-state index contributed by atoms with van der Waals surface area (Å²) in [7, 11) is 0. The molecule has 2 N–H and O–H groups in total. The van der Waals surface area contributed by atoms with E-state index in [1.54, 1.807) is 6.92 Å². The third kappa shape index (κ3) is 3.28. The van der Waals surface area contributed by atoms with Crippen molar-refractivity contribution in [1.29, 1.82) is 0 Å². The number of hydrogen-bond acceptors (Lipinski definition) is 4. The van der Waals surface area contributed by atoms with Gasteiger partial charge in [-0.15, -0.1) is 0 Å². The van der Waals surface area contributed by atoms with Crippen LogP contribution in [0.4, 0.5) is 0 Å². The Morgan fingerprint density at radius 2 is 1.96 bits per heavy atom. The van der Waals surface area contributed by atoms with Gasteiger partial charge in [0.2, 0.25) is 0 Å². The first kappa shape index (κ1) is 16.1.